The summed E-state index contributed by atoms with van der Waals surface area (Å²) in [5.41, 5.74) is 6.01. The number of anilines is 1. The van der Waals surface area contributed by atoms with Gasteiger partial charge in [-0.3, -0.25) is 4.79 Å². The summed E-state index contributed by atoms with van der Waals surface area (Å²) in [5.74, 6) is -0.897. The lowest BCUT2D eigenvalue weighted by molar-refractivity contribution is -0.125. The van der Waals surface area contributed by atoms with Gasteiger partial charge < -0.3 is 15.8 Å². The highest BCUT2D eigenvalue weighted by Crippen LogP contribution is 2.07. The molecule has 98 valence electrons. The van der Waals surface area contributed by atoms with Gasteiger partial charge in [0.1, 0.15) is 0 Å². The van der Waals surface area contributed by atoms with Gasteiger partial charge in [-0.2, -0.15) is 0 Å². The second kappa shape index (κ2) is 5.53. The van der Waals surface area contributed by atoms with Crippen molar-refractivity contribution in [1.29, 1.82) is 0 Å². The van der Waals surface area contributed by atoms with Crippen molar-refractivity contribution < 1.29 is 14.3 Å². The van der Waals surface area contributed by atoms with E-state index in [-0.39, 0.29) is 18.1 Å². The van der Waals surface area contributed by atoms with Crippen LogP contribution in [0.4, 0.5) is 5.69 Å². The zero-order valence-electron chi connectivity index (χ0n) is 10.8. The standard InChI is InChI=1S/C13H18N2O3/c1-13(2,3)15-11(16)8-18-12(17)9-5-4-6-10(14)7-9/h4-7H,8,14H2,1-3H3,(H,15,16). The van der Waals surface area contributed by atoms with E-state index in [4.69, 9.17) is 10.5 Å². The van der Waals surface area contributed by atoms with Crippen molar-refractivity contribution in [2.75, 3.05) is 12.3 Å². The van der Waals surface area contributed by atoms with E-state index in [9.17, 15) is 9.59 Å². The zero-order valence-corrected chi connectivity index (χ0v) is 10.8. The number of rotatable bonds is 3. The van der Waals surface area contributed by atoms with Gasteiger partial charge in [-0.15, -0.1) is 0 Å². The Morgan fingerprint density at radius 1 is 1.33 bits per heavy atom. The van der Waals surface area contributed by atoms with E-state index in [1.54, 1.807) is 18.2 Å². The minimum atomic E-state index is -0.564. The van der Waals surface area contributed by atoms with Gasteiger partial charge in [0.15, 0.2) is 6.61 Å². The van der Waals surface area contributed by atoms with E-state index >= 15 is 0 Å². The predicted molar refractivity (Wildman–Crippen MR) is 69.0 cm³/mol. The van der Waals surface area contributed by atoms with Gasteiger partial charge in [0.25, 0.3) is 5.91 Å². The molecule has 0 atom stereocenters. The fourth-order valence-corrected chi connectivity index (χ4v) is 1.33. The highest BCUT2D eigenvalue weighted by atomic mass is 16.5. The average Bonchev–Trinajstić information content (AvgIpc) is 2.23. The molecule has 3 N–H and O–H groups in total. The van der Waals surface area contributed by atoms with Crippen LogP contribution in [0.2, 0.25) is 0 Å². The summed E-state index contributed by atoms with van der Waals surface area (Å²) in [6, 6.07) is 6.41. The molecule has 1 aromatic rings. The summed E-state index contributed by atoms with van der Waals surface area (Å²) >= 11 is 0. The van der Waals surface area contributed by atoms with Crippen LogP contribution in [0.25, 0.3) is 0 Å². The number of amides is 1. The number of carbonyl (C=O) groups is 2. The second-order valence-electron chi connectivity index (χ2n) is 5.00. The molecule has 18 heavy (non-hydrogen) atoms. The summed E-state index contributed by atoms with van der Waals surface area (Å²) in [5, 5.41) is 2.70. The summed E-state index contributed by atoms with van der Waals surface area (Å²) in [7, 11) is 0. The van der Waals surface area contributed by atoms with E-state index in [1.807, 2.05) is 20.8 Å². The molecule has 0 aliphatic rings. The summed E-state index contributed by atoms with van der Waals surface area (Å²) in [4.78, 5) is 23.1. The maximum absolute atomic E-state index is 11.6. The van der Waals surface area contributed by atoms with Crippen molar-refractivity contribution in [3.63, 3.8) is 0 Å². The number of nitrogens with one attached hydrogen (secondary N) is 1. The third kappa shape index (κ3) is 4.86. The molecule has 0 unspecified atom stereocenters. The first-order valence-corrected chi connectivity index (χ1v) is 5.61. The molecule has 0 spiro atoms. The van der Waals surface area contributed by atoms with Crippen molar-refractivity contribution in [3.8, 4) is 0 Å². The normalized spacial score (nSPS) is 10.8. The Hall–Kier alpha value is -2.04. The molecule has 1 amide bonds. The lowest BCUT2D eigenvalue weighted by Gasteiger charge is -2.20. The van der Waals surface area contributed by atoms with Gasteiger partial charge in [0, 0.05) is 11.2 Å². The average molecular weight is 250 g/mol. The number of hydrogen-bond acceptors (Lipinski definition) is 4. The van der Waals surface area contributed by atoms with Gasteiger partial charge in [-0.05, 0) is 39.0 Å². The van der Waals surface area contributed by atoms with E-state index in [0.717, 1.165) is 0 Å². The molecular formula is C13H18N2O3. The SMILES string of the molecule is CC(C)(C)NC(=O)COC(=O)c1cccc(N)c1. The summed E-state index contributed by atoms with van der Waals surface area (Å²) in [6.45, 7) is 5.25. The largest absolute Gasteiger partial charge is 0.452 e. The molecular weight excluding hydrogens is 232 g/mol. The topological polar surface area (TPSA) is 81.4 Å². The molecule has 5 nitrogen and oxygen atoms in total. The Balaban J connectivity index is 2.49. The van der Waals surface area contributed by atoms with Gasteiger partial charge >= 0.3 is 5.97 Å². The fraction of sp³-hybridized carbons (Fsp3) is 0.385. The van der Waals surface area contributed by atoms with Crippen LogP contribution in [0, 0.1) is 0 Å². The Morgan fingerprint density at radius 3 is 2.56 bits per heavy atom. The van der Waals surface area contributed by atoms with Crippen molar-refractivity contribution in [2.24, 2.45) is 0 Å². The number of nitrogens with two attached hydrogens (primary N) is 1. The molecule has 0 fully saturated rings. The number of ether oxygens (including phenoxy) is 1. The lowest BCUT2D eigenvalue weighted by Crippen LogP contribution is -2.42. The van der Waals surface area contributed by atoms with Gasteiger partial charge in [-0.25, -0.2) is 4.79 Å². The van der Waals surface area contributed by atoms with Crippen LogP contribution in [0.3, 0.4) is 0 Å². The second-order valence-corrected chi connectivity index (χ2v) is 5.00. The highest BCUT2D eigenvalue weighted by Gasteiger charge is 2.15. The van der Waals surface area contributed by atoms with Gasteiger partial charge in [0.2, 0.25) is 0 Å². The number of benzene rings is 1. The number of esters is 1. The smallest absolute Gasteiger partial charge is 0.338 e. The van der Waals surface area contributed by atoms with Crippen LogP contribution >= 0.6 is 0 Å². The third-order valence-electron chi connectivity index (χ3n) is 1.97. The maximum Gasteiger partial charge on any atom is 0.338 e. The zero-order chi connectivity index (χ0) is 13.8. The number of carbonyl (C=O) groups excluding carboxylic acids is 2. The van der Waals surface area contributed by atoms with E-state index in [1.165, 1.54) is 6.07 Å². The Kier molecular flexibility index (Phi) is 4.31. The van der Waals surface area contributed by atoms with Crippen molar-refractivity contribution in [1.82, 2.24) is 5.32 Å². The Labute approximate surface area is 106 Å². The fourth-order valence-electron chi connectivity index (χ4n) is 1.33. The van der Waals surface area contributed by atoms with Crippen LogP contribution in [0.5, 0.6) is 0 Å². The summed E-state index contributed by atoms with van der Waals surface area (Å²) < 4.78 is 4.88. The van der Waals surface area contributed by atoms with Crippen LogP contribution in [-0.4, -0.2) is 24.0 Å². The van der Waals surface area contributed by atoms with Crippen LogP contribution < -0.4 is 11.1 Å². The molecule has 0 radical (unpaired) electrons. The van der Waals surface area contributed by atoms with Crippen molar-refractivity contribution >= 4 is 17.6 Å². The molecule has 0 aliphatic heterocycles. The van der Waals surface area contributed by atoms with Crippen molar-refractivity contribution in [2.45, 2.75) is 26.3 Å². The molecule has 1 aromatic carbocycles. The summed E-state index contributed by atoms with van der Waals surface area (Å²) in [6.07, 6.45) is 0. The van der Waals surface area contributed by atoms with E-state index < -0.39 is 5.97 Å². The van der Waals surface area contributed by atoms with Crippen molar-refractivity contribution in [3.05, 3.63) is 29.8 Å². The van der Waals surface area contributed by atoms with Crippen LogP contribution in [0.1, 0.15) is 31.1 Å². The molecule has 0 aliphatic carbocycles. The van der Waals surface area contributed by atoms with Gasteiger partial charge in [0.05, 0.1) is 5.56 Å². The number of nitrogen functional groups attached to an aromatic ring is 1. The quantitative estimate of drug-likeness (QED) is 0.626. The lowest BCUT2D eigenvalue weighted by atomic mass is 10.1. The molecule has 0 bridgehead atoms. The predicted octanol–water partition coefficient (Wildman–Crippen LogP) is 1.34. The van der Waals surface area contributed by atoms with Gasteiger partial charge in [-0.1, -0.05) is 6.07 Å². The molecule has 5 heteroatoms. The van der Waals surface area contributed by atoms with E-state index in [0.29, 0.717) is 11.3 Å². The molecule has 1 rings (SSSR count). The van der Waals surface area contributed by atoms with E-state index in [2.05, 4.69) is 5.32 Å². The van der Waals surface area contributed by atoms with Crippen LogP contribution in [0.15, 0.2) is 24.3 Å². The first kappa shape index (κ1) is 14.0. The Bertz CT molecular complexity index is 450. The minimum Gasteiger partial charge on any atom is -0.452 e. The number of hydrogen-bond donors (Lipinski definition) is 2. The first-order valence-electron chi connectivity index (χ1n) is 5.61. The highest BCUT2D eigenvalue weighted by molar-refractivity contribution is 5.92. The molecule has 0 saturated heterocycles. The molecule has 0 heterocycles. The first-order chi connectivity index (χ1) is 8.28. The Morgan fingerprint density at radius 2 is 2.00 bits per heavy atom. The maximum atomic E-state index is 11.6. The van der Waals surface area contributed by atoms with Crippen LogP contribution in [-0.2, 0) is 9.53 Å². The monoisotopic (exact) mass is 250 g/mol. The third-order valence-corrected chi connectivity index (χ3v) is 1.97. The minimum absolute atomic E-state index is 0.301. The molecule has 0 aromatic heterocycles. The molecule has 0 saturated carbocycles.